The molecule has 0 aromatic carbocycles. The van der Waals surface area contributed by atoms with E-state index in [4.69, 9.17) is 5.11 Å². The molecule has 1 aromatic rings. The Morgan fingerprint density at radius 1 is 1.47 bits per heavy atom. The van der Waals surface area contributed by atoms with E-state index in [0.717, 1.165) is 6.42 Å². The van der Waals surface area contributed by atoms with E-state index in [2.05, 4.69) is 22.2 Å². The Hall–Kier alpha value is -1.65. The van der Waals surface area contributed by atoms with Crippen molar-refractivity contribution >= 4 is 11.8 Å². The highest BCUT2D eigenvalue weighted by atomic mass is 16.4. The molecule has 2 unspecified atom stereocenters. The molecule has 1 aromatic heterocycles. The molecule has 5 heteroatoms. The van der Waals surface area contributed by atoms with E-state index in [1.54, 1.807) is 6.07 Å². The van der Waals surface area contributed by atoms with Crippen molar-refractivity contribution in [3.63, 3.8) is 0 Å². The molecular weight excluding hydrogens is 218 g/mol. The maximum absolute atomic E-state index is 10.8. The first-order valence-electron chi connectivity index (χ1n) is 5.99. The third kappa shape index (κ3) is 2.93. The summed E-state index contributed by atoms with van der Waals surface area (Å²) in [5.41, 5.74) is 0. The molecular formula is C12H17N3O2. The number of carboxylic acid groups (broad SMARTS) is 1. The van der Waals surface area contributed by atoms with E-state index in [-0.39, 0.29) is 5.82 Å². The van der Waals surface area contributed by atoms with Crippen LogP contribution in [0.25, 0.3) is 0 Å². The number of nitrogens with zero attached hydrogens (tertiary/aromatic N) is 2. The van der Waals surface area contributed by atoms with Gasteiger partial charge in [-0.1, -0.05) is 19.8 Å². The highest BCUT2D eigenvalue weighted by Crippen LogP contribution is 2.26. The van der Waals surface area contributed by atoms with Crippen molar-refractivity contribution in [2.45, 2.75) is 38.6 Å². The summed E-state index contributed by atoms with van der Waals surface area (Å²) in [6.07, 6.45) is 6.32. The lowest BCUT2D eigenvalue weighted by molar-refractivity contribution is 0.0683. The lowest BCUT2D eigenvalue weighted by atomic mass is 9.86. The number of carbonyl (C=O) groups is 1. The van der Waals surface area contributed by atoms with Gasteiger partial charge in [0.15, 0.2) is 0 Å². The van der Waals surface area contributed by atoms with Crippen molar-refractivity contribution in [1.29, 1.82) is 0 Å². The third-order valence-electron chi connectivity index (χ3n) is 3.29. The lowest BCUT2D eigenvalue weighted by Crippen LogP contribution is -2.30. The molecule has 92 valence electrons. The summed E-state index contributed by atoms with van der Waals surface area (Å²) in [6.45, 7) is 2.22. The minimum atomic E-state index is -1.09. The van der Waals surface area contributed by atoms with Gasteiger partial charge in [0.25, 0.3) is 0 Å². The molecule has 2 rings (SSSR count). The van der Waals surface area contributed by atoms with Gasteiger partial charge in [-0.25, -0.2) is 14.8 Å². The van der Waals surface area contributed by atoms with E-state index in [9.17, 15) is 4.79 Å². The number of nitrogens with one attached hydrogen (secondary N) is 1. The lowest BCUT2D eigenvalue weighted by Gasteiger charge is -2.29. The molecule has 0 bridgehead atoms. The van der Waals surface area contributed by atoms with Gasteiger partial charge >= 0.3 is 5.97 Å². The molecule has 0 saturated heterocycles. The van der Waals surface area contributed by atoms with Crippen molar-refractivity contribution in [2.24, 2.45) is 5.92 Å². The van der Waals surface area contributed by atoms with Crippen LogP contribution in [0, 0.1) is 5.92 Å². The van der Waals surface area contributed by atoms with Crippen LogP contribution in [0.3, 0.4) is 0 Å². The van der Waals surface area contributed by atoms with E-state index in [0.29, 0.717) is 17.8 Å². The van der Waals surface area contributed by atoms with Crippen molar-refractivity contribution in [3.05, 3.63) is 18.1 Å². The molecule has 1 heterocycles. The molecule has 2 N–H and O–H groups in total. The van der Waals surface area contributed by atoms with Gasteiger partial charge in [0.2, 0.25) is 5.82 Å². The van der Waals surface area contributed by atoms with Gasteiger partial charge in [-0.3, -0.25) is 0 Å². The minimum absolute atomic E-state index is 0.154. The van der Waals surface area contributed by atoms with Crippen LogP contribution in [0.4, 0.5) is 5.82 Å². The summed E-state index contributed by atoms with van der Waals surface area (Å²) in [4.78, 5) is 18.4. The highest BCUT2D eigenvalue weighted by molar-refractivity contribution is 5.83. The number of aromatic nitrogens is 2. The van der Waals surface area contributed by atoms with Crippen LogP contribution in [0.2, 0.25) is 0 Å². The predicted octanol–water partition coefficient (Wildman–Crippen LogP) is 2.17. The van der Waals surface area contributed by atoms with Crippen molar-refractivity contribution in [3.8, 4) is 0 Å². The van der Waals surface area contributed by atoms with Crippen LogP contribution in [0.15, 0.2) is 12.3 Å². The Bertz CT molecular complexity index is 408. The van der Waals surface area contributed by atoms with Gasteiger partial charge in [-0.2, -0.15) is 0 Å². The zero-order valence-corrected chi connectivity index (χ0v) is 9.89. The number of hydrogen-bond acceptors (Lipinski definition) is 4. The second-order valence-electron chi connectivity index (χ2n) is 4.58. The monoisotopic (exact) mass is 235 g/mol. The maximum Gasteiger partial charge on any atom is 0.374 e. The SMILES string of the molecule is CC1CCCCC1Nc1ccnc(C(=O)O)n1. The number of hydrogen-bond donors (Lipinski definition) is 2. The van der Waals surface area contributed by atoms with Crippen molar-refractivity contribution in [1.82, 2.24) is 9.97 Å². The second-order valence-corrected chi connectivity index (χ2v) is 4.58. The Morgan fingerprint density at radius 3 is 2.94 bits per heavy atom. The first-order valence-corrected chi connectivity index (χ1v) is 5.99. The summed E-state index contributed by atoms with van der Waals surface area (Å²) in [6, 6.07) is 2.11. The first-order chi connectivity index (χ1) is 8.16. The highest BCUT2D eigenvalue weighted by Gasteiger charge is 2.21. The van der Waals surface area contributed by atoms with Gasteiger partial charge in [-0.05, 0) is 24.8 Å². The summed E-state index contributed by atoms with van der Waals surface area (Å²) in [7, 11) is 0. The van der Waals surface area contributed by atoms with Crippen LogP contribution in [0.5, 0.6) is 0 Å². The first kappa shape index (κ1) is 11.8. The Balaban J connectivity index is 2.07. The zero-order chi connectivity index (χ0) is 12.3. The summed E-state index contributed by atoms with van der Waals surface area (Å²) in [5, 5.41) is 12.1. The molecule has 0 aliphatic heterocycles. The second kappa shape index (κ2) is 5.12. The fraction of sp³-hybridized carbons (Fsp3) is 0.583. The van der Waals surface area contributed by atoms with Gasteiger partial charge in [0, 0.05) is 12.2 Å². The van der Waals surface area contributed by atoms with Gasteiger partial charge in [-0.15, -0.1) is 0 Å². The predicted molar refractivity (Wildman–Crippen MR) is 64.0 cm³/mol. The molecule has 0 spiro atoms. The molecule has 1 aliphatic rings. The third-order valence-corrected chi connectivity index (χ3v) is 3.29. The topological polar surface area (TPSA) is 75.1 Å². The summed E-state index contributed by atoms with van der Waals surface area (Å²) < 4.78 is 0. The largest absolute Gasteiger partial charge is 0.475 e. The Morgan fingerprint density at radius 2 is 2.24 bits per heavy atom. The molecule has 17 heavy (non-hydrogen) atoms. The number of rotatable bonds is 3. The summed E-state index contributed by atoms with van der Waals surface area (Å²) in [5.74, 6) is -0.0352. The quantitative estimate of drug-likeness (QED) is 0.839. The van der Waals surface area contributed by atoms with Crippen LogP contribution in [-0.4, -0.2) is 27.1 Å². The number of aromatic carboxylic acids is 1. The number of carboxylic acids is 1. The summed E-state index contributed by atoms with van der Waals surface area (Å²) >= 11 is 0. The standard InChI is InChI=1S/C12H17N3O2/c1-8-4-2-3-5-9(8)14-10-6-7-13-11(15-10)12(16)17/h6-9H,2-5H2,1H3,(H,16,17)(H,13,14,15). The van der Waals surface area contributed by atoms with Crippen LogP contribution >= 0.6 is 0 Å². The van der Waals surface area contributed by atoms with E-state index >= 15 is 0 Å². The Kier molecular flexibility index (Phi) is 3.56. The van der Waals surface area contributed by atoms with Gasteiger partial charge < -0.3 is 10.4 Å². The average Bonchev–Trinajstić information content (AvgIpc) is 2.32. The van der Waals surface area contributed by atoms with Crippen LogP contribution in [0.1, 0.15) is 43.2 Å². The van der Waals surface area contributed by atoms with E-state index in [1.807, 2.05) is 0 Å². The molecule has 1 aliphatic carbocycles. The van der Waals surface area contributed by atoms with Crippen LogP contribution in [-0.2, 0) is 0 Å². The fourth-order valence-corrected chi connectivity index (χ4v) is 2.26. The van der Waals surface area contributed by atoms with E-state index in [1.165, 1.54) is 25.5 Å². The zero-order valence-electron chi connectivity index (χ0n) is 9.89. The normalized spacial score (nSPS) is 24.3. The number of anilines is 1. The Labute approximate surface area is 100 Å². The molecule has 1 saturated carbocycles. The van der Waals surface area contributed by atoms with Crippen LogP contribution < -0.4 is 5.32 Å². The van der Waals surface area contributed by atoms with Gasteiger partial charge in [0.1, 0.15) is 5.82 Å². The minimum Gasteiger partial charge on any atom is -0.475 e. The van der Waals surface area contributed by atoms with Crippen molar-refractivity contribution < 1.29 is 9.90 Å². The fourth-order valence-electron chi connectivity index (χ4n) is 2.26. The molecule has 0 radical (unpaired) electrons. The smallest absolute Gasteiger partial charge is 0.374 e. The van der Waals surface area contributed by atoms with E-state index < -0.39 is 5.97 Å². The van der Waals surface area contributed by atoms with Gasteiger partial charge in [0.05, 0.1) is 0 Å². The maximum atomic E-state index is 10.8. The average molecular weight is 235 g/mol. The van der Waals surface area contributed by atoms with Crippen molar-refractivity contribution in [2.75, 3.05) is 5.32 Å². The molecule has 0 amide bonds. The molecule has 2 atom stereocenters. The molecule has 5 nitrogen and oxygen atoms in total. The molecule has 1 fully saturated rings.